The van der Waals surface area contributed by atoms with E-state index < -0.39 is 6.10 Å². The van der Waals surface area contributed by atoms with Crippen LogP contribution in [0, 0.1) is 0 Å². The molecule has 1 amide bonds. The lowest BCUT2D eigenvalue weighted by Gasteiger charge is -2.05. The molecule has 0 saturated heterocycles. The van der Waals surface area contributed by atoms with Crippen molar-refractivity contribution in [1.29, 1.82) is 0 Å². The van der Waals surface area contributed by atoms with E-state index in [4.69, 9.17) is 5.73 Å². The first-order chi connectivity index (χ1) is 8.70. The number of hydrogen-bond acceptors (Lipinski definition) is 6. The largest absolute Gasteiger partial charge is 0.380 e. The second-order valence-corrected chi connectivity index (χ2v) is 4.28. The summed E-state index contributed by atoms with van der Waals surface area (Å²) in [4.78, 5) is 15.1. The third kappa shape index (κ3) is 2.89. The molecular weight excluding hydrogens is 252 g/mol. The van der Waals surface area contributed by atoms with Crippen LogP contribution in [0.25, 0.3) is 0 Å². The number of anilines is 1. The highest BCUT2D eigenvalue weighted by Gasteiger charge is 2.16. The van der Waals surface area contributed by atoms with Gasteiger partial charge in [0, 0.05) is 11.5 Å². The summed E-state index contributed by atoms with van der Waals surface area (Å²) >= 11 is 1.01. The maximum absolute atomic E-state index is 11.1. The molecule has 1 heterocycles. The molecule has 0 aliphatic heterocycles. The third-order valence-corrected chi connectivity index (χ3v) is 2.88. The minimum atomic E-state index is -0.897. The van der Waals surface area contributed by atoms with Gasteiger partial charge in [-0.1, -0.05) is 30.3 Å². The van der Waals surface area contributed by atoms with Crippen LogP contribution in [-0.2, 0) is 4.79 Å². The molecule has 2 rings (SSSR count). The number of aromatic nitrogens is 2. The predicted molar refractivity (Wildman–Crippen MR) is 68.1 cm³/mol. The summed E-state index contributed by atoms with van der Waals surface area (Å²) in [6, 6.07) is 9.06. The van der Waals surface area contributed by atoms with Crippen molar-refractivity contribution in [3.8, 4) is 0 Å². The first kappa shape index (κ1) is 12.6. The Kier molecular flexibility index (Phi) is 3.98. The van der Waals surface area contributed by atoms with Crippen LogP contribution in [0.1, 0.15) is 17.5 Å². The van der Waals surface area contributed by atoms with E-state index in [1.807, 2.05) is 18.2 Å². The normalized spacial score (nSPS) is 12.1. The Hall–Kier alpha value is -1.83. The molecule has 1 atom stereocenters. The van der Waals surface area contributed by atoms with Crippen molar-refractivity contribution in [2.24, 2.45) is 5.73 Å². The van der Waals surface area contributed by atoms with E-state index in [0.29, 0.717) is 10.7 Å². The second-order valence-electron chi connectivity index (χ2n) is 3.52. The van der Waals surface area contributed by atoms with Crippen molar-refractivity contribution in [1.82, 2.24) is 9.36 Å². The van der Waals surface area contributed by atoms with Crippen LogP contribution in [0.3, 0.4) is 0 Å². The minimum Gasteiger partial charge on any atom is -0.380 e. The zero-order valence-corrected chi connectivity index (χ0v) is 10.2. The quantitative estimate of drug-likeness (QED) is 0.747. The van der Waals surface area contributed by atoms with Crippen molar-refractivity contribution < 1.29 is 9.90 Å². The molecule has 1 unspecified atom stereocenters. The molecule has 0 aliphatic rings. The van der Waals surface area contributed by atoms with Crippen LogP contribution in [0.15, 0.2) is 30.3 Å². The summed E-state index contributed by atoms with van der Waals surface area (Å²) in [6.45, 7) is -0.115. The van der Waals surface area contributed by atoms with Gasteiger partial charge in [-0.2, -0.15) is 4.37 Å². The van der Waals surface area contributed by atoms with Crippen LogP contribution in [0.2, 0.25) is 0 Å². The average molecular weight is 264 g/mol. The molecule has 2 aromatic rings. The van der Waals surface area contributed by atoms with Gasteiger partial charge in [-0.15, -0.1) is 0 Å². The molecule has 0 radical (unpaired) electrons. The molecule has 0 saturated carbocycles. The number of carbonyl (C=O) groups excluding carboxylic acids is 1. The topological polar surface area (TPSA) is 101 Å². The molecular formula is C11H12N4O2S. The summed E-state index contributed by atoms with van der Waals surface area (Å²) in [5.41, 5.74) is 5.87. The SMILES string of the molecule is NCC(=O)Nc1nc(C(O)c2ccccc2)ns1. The first-order valence-corrected chi connectivity index (χ1v) is 6.04. The molecule has 1 aromatic carbocycles. The van der Waals surface area contributed by atoms with Gasteiger partial charge in [0.1, 0.15) is 6.10 Å². The van der Waals surface area contributed by atoms with Gasteiger partial charge >= 0.3 is 0 Å². The highest BCUT2D eigenvalue weighted by atomic mass is 32.1. The number of benzene rings is 1. The van der Waals surface area contributed by atoms with Crippen LogP contribution in [0.4, 0.5) is 5.13 Å². The maximum atomic E-state index is 11.1. The smallest absolute Gasteiger partial charge is 0.239 e. The molecule has 6 nitrogen and oxygen atoms in total. The van der Waals surface area contributed by atoms with Crippen molar-refractivity contribution in [2.45, 2.75) is 6.10 Å². The van der Waals surface area contributed by atoms with Crippen molar-refractivity contribution in [2.75, 3.05) is 11.9 Å². The molecule has 0 bridgehead atoms. The van der Waals surface area contributed by atoms with Crippen molar-refractivity contribution >= 4 is 22.6 Å². The van der Waals surface area contributed by atoms with E-state index in [9.17, 15) is 9.90 Å². The van der Waals surface area contributed by atoms with E-state index in [-0.39, 0.29) is 18.3 Å². The number of aliphatic hydroxyl groups excluding tert-OH is 1. The van der Waals surface area contributed by atoms with Gasteiger partial charge in [-0.25, -0.2) is 4.98 Å². The molecule has 18 heavy (non-hydrogen) atoms. The minimum absolute atomic E-state index is 0.115. The molecule has 4 N–H and O–H groups in total. The first-order valence-electron chi connectivity index (χ1n) is 5.27. The van der Waals surface area contributed by atoms with Gasteiger partial charge in [0.15, 0.2) is 5.82 Å². The Morgan fingerprint density at radius 2 is 2.17 bits per heavy atom. The van der Waals surface area contributed by atoms with Crippen LogP contribution < -0.4 is 11.1 Å². The molecule has 7 heteroatoms. The molecule has 0 spiro atoms. The summed E-state index contributed by atoms with van der Waals surface area (Å²) in [5, 5.41) is 12.9. The van der Waals surface area contributed by atoms with Crippen LogP contribution in [-0.4, -0.2) is 26.9 Å². The number of amides is 1. The standard InChI is InChI=1S/C11H12N4O2S/c12-6-8(16)13-11-14-10(15-18-11)9(17)7-4-2-1-3-5-7/h1-5,9,17H,6,12H2,(H,13,14,15,16). The van der Waals surface area contributed by atoms with Crippen molar-refractivity contribution in [3.63, 3.8) is 0 Å². The summed E-state index contributed by atoms with van der Waals surface area (Å²) < 4.78 is 4.00. The van der Waals surface area contributed by atoms with Gasteiger partial charge in [-0.05, 0) is 5.56 Å². The number of rotatable bonds is 4. The molecule has 0 fully saturated rings. The van der Waals surface area contributed by atoms with Crippen molar-refractivity contribution in [3.05, 3.63) is 41.7 Å². The van der Waals surface area contributed by atoms with E-state index in [2.05, 4.69) is 14.7 Å². The van der Waals surface area contributed by atoms with E-state index in [1.54, 1.807) is 12.1 Å². The van der Waals surface area contributed by atoms with Crippen LogP contribution in [0.5, 0.6) is 0 Å². The number of carbonyl (C=O) groups is 1. The summed E-state index contributed by atoms with van der Waals surface area (Å²) in [5.74, 6) is -0.0783. The van der Waals surface area contributed by atoms with Gasteiger partial charge in [-0.3, -0.25) is 10.1 Å². The third-order valence-electron chi connectivity index (χ3n) is 2.23. The lowest BCUT2D eigenvalue weighted by molar-refractivity contribution is -0.114. The summed E-state index contributed by atoms with van der Waals surface area (Å²) in [7, 11) is 0. The number of nitrogens with zero attached hydrogens (tertiary/aromatic N) is 2. The Bertz CT molecular complexity index is 529. The Morgan fingerprint density at radius 3 is 2.83 bits per heavy atom. The highest BCUT2D eigenvalue weighted by molar-refractivity contribution is 7.09. The van der Waals surface area contributed by atoms with Gasteiger partial charge in [0.25, 0.3) is 0 Å². The lowest BCUT2D eigenvalue weighted by Crippen LogP contribution is -2.21. The molecule has 0 aliphatic carbocycles. The van der Waals surface area contributed by atoms with Gasteiger partial charge in [0.05, 0.1) is 6.54 Å². The average Bonchev–Trinajstić information content (AvgIpc) is 2.87. The number of nitrogens with one attached hydrogen (secondary N) is 1. The zero-order chi connectivity index (χ0) is 13.0. The predicted octanol–water partition coefficient (Wildman–Crippen LogP) is 0.517. The zero-order valence-electron chi connectivity index (χ0n) is 9.41. The highest BCUT2D eigenvalue weighted by Crippen LogP contribution is 2.22. The Labute approximate surface area is 108 Å². The number of nitrogens with two attached hydrogens (primary N) is 1. The number of hydrogen-bond donors (Lipinski definition) is 3. The monoisotopic (exact) mass is 264 g/mol. The van der Waals surface area contributed by atoms with Crippen LogP contribution >= 0.6 is 11.5 Å². The Morgan fingerprint density at radius 1 is 1.44 bits per heavy atom. The summed E-state index contributed by atoms with van der Waals surface area (Å²) in [6.07, 6.45) is -0.897. The Balaban J connectivity index is 2.12. The lowest BCUT2D eigenvalue weighted by atomic mass is 10.1. The fraction of sp³-hybridized carbons (Fsp3) is 0.182. The fourth-order valence-electron chi connectivity index (χ4n) is 1.35. The maximum Gasteiger partial charge on any atom is 0.239 e. The van der Waals surface area contributed by atoms with E-state index in [1.165, 1.54) is 0 Å². The van der Waals surface area contributed by atoms with Gasteiger partial charge in [0.2, 0.25) is 11.0 Å². The molecule has 1 aromatic heterocycles. The fourth-order valence-corrected chi connectivity index (χ4v) is 1.97. The second kappa shape index (κ2) is 5.67. The van der Waals surface area contributed by atoms with E-state index >= 15 is 0 Å². The van der Waals surface area contributed by atoms with Gasteiger partial charge < -0.3 is 10.8 Å². The number of aliphatic hydroxyl groups is 1. The molecule has 94 valence electrons. The van der Waals surface area contributed by atoms with E-state index in [0.717, 1.165) is 11.5 Å².